The molecule has 3 heteroatoms. The molecule has 1 aromatic rings. The van der Waals surface area contributed by atoms with Gasteiger partial charge in [0.05, 0.1) is 6.10 Å². The van der Waals surface area contributed by atoms with Gasteiger partial charge in [-0.3, -0.25) is 4.79 Å². The van der Waals surface area contributed by atoms with Crippen molar-refractivity contribution >= 4 is 0 Å². The molecule has 11 heavy (non-hydrogen) atoms. The molecule has 1 heterocycles. The van der Waals surface area contributed by atoms with E-state index in [4.69, 9.17) is 4.74 Å². The molecule has 0 radical (unpaired) electrons. The highest BCUT2D eigenvalue weighted by Crippen LogP contribution is 2.24. The van der Waals surface area contributed by atoms with Gasteiger partial charge in [0.25, 0.3) is 5.56 Å². The highest BCUT2D eigenvalue weighted by molar-refractivity contribution is 5.16. The summed E-state index contributed by atoms with van der Waals surface area (Å²) < 4.78 is 5.31. The average Bonchev–Trinajstić information content (AvgIpc) is 2.78. The molecule has 0 spiro atoms. The van der Waals surface area contributed by atoms with Gasteiger partial charge in [-0.2, -0.15) is 0 Å². The molecule has 0 aromatic carbocycles. The van der Waals surface area contributed by atoms with E-state index >= 15 is 0 Å². The van der Waals surface area contributed by atoms with Crippen LogP contribution in [0.25, 0.3) is 0 Å². The maximum absolute atomic E-state index is 11.0. The molecule has 0 saturated heterocycles. The summed E-state index contributed by atoms with van der Waals surface area (Å²) in [6, 6.07) is 3.45. The van der Waals surface area contributed by atoms with E-state index in [2.05, 4.69) is 4.98 Å². The number of ether oxygens (including phenoxy) is 1. The van der Waals surface area contributed by atoms with Crippen molar-refractivity contribution in [3.05, 3.63) is 28.7 Å². The molecular formula is C8H9NO2. The first-order valence-corrected chi connectivity index (χ1v) is 3.70. The second kappa shape index (κ2) is 2.42. The van der Waals surface area contributed by atoms with Gasteiger partial charge in [-0.05, 0) is 25.0 Å². The number of hydrogen-bond donors (Lipinski definition) is 1. The van der Waals surface area contributed by atoms with E-state index in [1.807, 2.05) is 0 Å². The molecular weight excluding hydrogens is 142 g/mol. The summed E-state index contributed by atoms with van der Waals surface area (Å²) in [7, 11) is 0. The monoisotopic (exact) mass is 151 g/mol. The first-order valence-electron chi connectivity index (χ1n) is 3.70. The van der Waals surface area contributed by atoms with Gasteiger partial charge in [-0.25, -0.2) is 0 Å². The minimum atomic E-state index is -0.139. The molecule has 1 N–H and O–H groups in total. The van der Waals surface area contributed by atoms with Gasteiger partial charge in [0.2, 0.25) is 0 Å². The normalized spacial score (nSPS) is 16.4. The maximum Gasteiger partial charge on any atom is 0.290 e. The van der Waals surface area contributed by atoms with Crippen molar-refractivity contribution in [2.45, 2.75) is 18.9 Å². The lowest BCUT2D eigenvalue weighted by molar-refractivity contribution is 0.299. The third-order valence-corrected chi connectivity index (χ3v) is 1.60. The van der Waals surface area contributed by atoms with Crippen molar-refractivity contribution in [3.8, 4) is 5.75 Å². The molecule has 0 unspecified atom stereocenters. The Morgan fingerprint density at radius 2 is 2.36 bits per heavy atom. The van der Waals surface area contributed by atoms with Gasteiger partial charge >= 0.3 is 0 Å². The van der Waals surface area contributed by atoms with Crippen molar-refractivity contribution in [2.24, 2.45) is 0 Å². The van der Waals surface area contributed by atoms with Crippen molar-refractivity contribution in [1.82, 2.24) is 4.98 Å². The Morgan fingerprint density at radius 1 is 1.55 bits per heavy atom. The number of aromatic amines is 1. The van der Waals surface area contributed by atoms with E-state index in [1.165, 1.54) is 0 Å². The molecule has 0 aliphatic heterocycles. The van der Waals surface area contributed by atoms with Crippen LogP contribution in [0.1, 0.15) is 12.8 Å². The SMILES string of the molecule is O=c1[nH]cccc1OC1CC1. The van der Waals surface area contributed by atoms with Gasteiger partial charge in [0.1, 0.15) is 0 Å². The standard InChI is InChI=1S/C8H9NO2/c10-8-7(2-1-5-9-8)11-6-3-4-6/h1-2,5-6H,3-4H2,(H,9,10). The minimum absolute atomic E-state index is 0.139. The van der Waals surface area contributed by atoms with E-state index < -0.39 is 0 Å². The van der Waals surface area contributed by atoms with Crippen LogP contribution in [-0.4, -0.2) is 11.1 Å². The molecule has 1 aliphatic rings. The smallest absolute Gasteiger partial charge is 0.290 e. The molecule has 2 rings (SSSR count). The molecule has 0 atom stereocenters. The van der Waals surface area contributed by atoms with E-state index in [1.54, 1.807) is 18.3 Å². The molecule has 58 valence electrons. The molecule has 1 fully saturated rings. The molecule has 3 nitrogen and oxygen atoms in total. The summed E-state index contributed by atoms with van der Waals surface area (Å²) in [6.07, 6.45) is 4.04. The Labute approximate surface area is 64.0 Å². The lowest BCUT2D eigenvalue weighted by Gasteiger charge is -2.00. The average molecular weight is 151 g/mol. The van der Waals surface area contributed by atoms with Crippen LogP contribution in [0.15, 0.2) is 23.1 Å². The van der Waals surface area contributed by atoms with Gasteiger partial charge in [-0.15, -0.1) is 0 Å². The van der Waals surface area contributed by atoms with E-state index in [0.29, 0.717) is 11.9 Å². The Morgan fingerprint density at radius 3 is 3.00 bits per heavy atom. The lowest BCUT2D eigenvalue weighted by Crippen LogP contribution is -2.10. The Hall–Kier alpha value is -1.25. The maximum atomic E-state index is 11.0. The molecule has 1 saturated carbocycles. The predicted molar refractivity (Wildman–Crippen MR) is 40.7 cm³/mol. The fourth-order valence-electron chi connectivity index (χ4n) is 0.864. The van der Waals surface area contributed by atoms with Crippen molar-refractivity contribution in [3.63, 3.8) is 0 Å². The highest BCUT2D eigenvalue weighted by atomic mass is 16.5. The zero-order valence-corrected chi connectivity index (χ0v) is 6.04. The van der Waals surface area contributed by atoms with Crippen molar-refractivity contribution < 1.29 is 4.74 Å². The predicted octanol–water partition coefficient (Wildman–Crippen LogP) is 0.916. The summed E-state index contributed by atoms with van der Waals surface area (Å²) in [5.41, 5.74) is -0.139. The number of H-pyrrole nitrogens is 1. The number of hydrogen-bond acceptors (Lipinski definition) is 2. The van der Waals surface area contributed by atoms with E-state index in [0.717, 1.165) is 12.8 Å². The number of pyridine rings is 1. The largest absolute Gasteiger partial charge is 0.485 e. The fraction of sp³-hybridized carbons (Fsp3) is 0.375. The number of rotatable bonds is 2. The summed E-state index contributed by atoms with van der Waals surface area (Å²) in [5, 5.41) is 0. The zero-order valence-electron chi connectivity index (χ0n) is 6.04. The molecule has 0 bridgehead atoms. The minimum Gasteiger partial charge on any atom is -0.485 e. The van der Waals surface area contributed by atoms with Gasteiger partial charge in [0.15, 0.2) is 5.75 Å². The van der Waals surface area contributed by atoms with Gasteiger partial charge in [-0.1, -0.05) is 0 Å². The lowest BCUT2D eigenvalue weighted by atomic mass is 10.4. The van der Waals surface area contributed by atoms with Crippen LogP contribution in [0, 0.1) is 0 Å². The van der Waals surface area contributed by atoms with Crippen molar-refractivity contribution in [1.29, 1.82) is 0 Å². The van der Waals surface area contributed by atoms with Crippen LogP contribution in [0.4, 0.5) is 0 Å². The molecule has 1 aromatic heterocycles. The quantitative estimate of drug-likeness (QED) is 0.682. The van der Waals surface area contributed by atoms with E-state index in [9.17, 15) is 4.79 Å². The number of aromatic nitrogens is 1. The van der Waals surface area contributed by atoms with Crippen molar-refractivity contribution in [2.75, 3.05) is 0 Å². The van der Waals surface area contributed by atoms with Crippen LogP contribution in [0.2, 0.25) is 0 Å². The van der Waals surface area contributed by atoms with Crippen LogP contribution >= 0.6 is 0 Å². The van der Waals surface area contributed by atoms with Crippen LogP contribution in [-0.2, 0) is 0 Å². The van der Waals surface area contributed by atoms with Crippen LogP contribution < -0.4 is 10.3 Å². The highest BCUT2D eigenvalue weighted by Gasteiger charge is 2.24. The second-order valence-corrected chi connectivity index (χ2v) is 2.68. The van der Waals surface area contributed by atoms with Crippen LogP contribution in [0.5, 0.6) is 5.75 Å². The summed E-state index contributed by atoms with van der Waals surface area (Å²) in [6.45, 7) is 0. The Kier molecular flexibility index (Phi) is 1.42. The van der Waals surface area contributed by atoms with Crippen LogP contribution in [0.3, 0.4) is 0 Å². The summed E-state index contributed by atoms with van der Waals surface area (Å²) in [4.78, 5) is 13.6. The first kappa shape index (κ1) is 6.46. The van der Waals surface area contributed by atoms with Gasteiger partial charge in [0, 0.05) is 6.20 Å². The third kappa shape index (κ3) is 1.42. The molecule has 0 amide bonds. The third-order valence-electron chi connectivity index (χ3n) is 1.60. The Bertz CT molecular complexity index is 301. The number of nitrogens with one attached hydrogen (secondary N) is 1. The van der Waals surface area contributed by atoms with E-state index in [-0.39, 0.29) is 5.56 Å². The topological polar surface area (TPSA) is 42.1 Å². The zero-order chi connectivity index (χ0) is 7.68. The summed E-state index contributed by atoms with van der Waals surface area (Å²) >= 11 is 0. The summed E-state index contributed by atoms with van der Waals surface area (Å²) in [5.74, 6) is 0.440. The van der Waals surface area contributed by atoms with Gasteiger partial charge < -0.3 is 9.72 Å². The first-order chi connectivity index (χ1) is 5.36. The second-order valence-electron chi connectivity index (χ2n) is 2.68. The Balaban J connectivity index is 2.21. The molecule has 1 aliphatic carbocycles. The fourth-order valence-corrected chi connectivity index (χ4v) is 0.864.